The zero-order chi connectivity index (χ0) is 7.68. The van der Waals surface area contributed by atoms with E-state index < -0.39 is 0 Å². The summed E-state index contributed by atoms with van der Waals surface area (Å²) in [5.74, 6) is 0. The molecule has 1 aromatic rings. The van der Waals surface area contributed by atoms with Crippen LogP contribution in [0.3, 0.4) is 0 Å². The van der Waals surface area contributed by atoms with Crippen molar-refractivity contribution in [1.29, 1.82) is 5.26 Å². The zero-order valence-corrected chi connectivity index (χ0v) is 7.37. The summed E-state index contributed by atoms with van der Waals surface area (Å²) in [6.45, 7) is 1.90. The molecule has 0 atom stereocenters. The molecule has 0 aliphatic carbocycles. The highest BCUT2D eigenvalue weighted by atomic mass is 35.5. The number of hydrogen-bond acceptors (Lipinski definition) is 2. The zero-order valence-electron chi connectivity index (χ0n) is 6.55. The lowest BCUT2D eigenvalue weighted by Gasteiger charge is -2.11. The molecule has 0 fully saturated rings. The van der Waals surface area contributed by atoms with E-state index in [0.717, 1.165) is 19.5 Å². The number of nitriles is 1. The summed E-state index contributed by atoms with van der Waals surface area (Å²) in [5, 5.41) is 11.8. The van der Waals surface area contributed by atoms with Gasteiger partial charge in [0.15, 0.2) is 0 Å². The first-order valence-electron chi connectivity index (χ1n) is 3.72. The molecule has 0 bridgehead atoms. The Morgan fingerprint density at radius 3 is 3.00 bits per heavy atom. The molecule has 12 heavy (non-hydrogen) atoms. The molecule has 2 heterocycles. The summed E-state index contributed by atoms with van der Waals surface area (Å²) in [7, 11) is 0. The number of rotatable bonds is 0. The molecule has 0 spiro atoms. The summed E-state index contributed by atoms with van der Waals surface area (Å²) >= 11 is 0. The van der Waals surface area contributed by atoms with Crippen LogP contribution >= 0.6 is 12.4 Å². The standard InChI is InChI=1S/C8H9N3.ClH/c9-4-7-3-6-1-2-10-5-8(6)11-7;/h3,10-11H,1-2,5H2;1H. The van der Waals surface area contributed by atoms with Crippen LogP contribution in [0.2, 0.25) is 0 Å². The van der Waals surface area contributed by atoms with E-state index in [0.29, 0.717) is 5.69 Å². The third kappa shape index (κ3) is 1.45. The number of nitrogens with one attached hydrogen (secondary N) is 2. The van der Waals surface area contributed by atoms with Gasteiger partial charge in [0, 0.05) is 12.2 Å². The van der Waals surface area contributed by atoms with Crippen LogP contribution in [-0.2, 0) is 13.0 Å². The molecule has 64 valence electrons. The SMILES string of the molecule is Cl.N#Cc1cc2c([nH]1)CNCC2. The van der Waals surface area contributed by atoms with Crippen molar-refractivity contribution < 1.29 is 0 Å². The van der Waals surface area contributed by atoms with Crippen LogP contribution in [0.25, 0.3) is 0 Å². The number of H-pyrrole nitrogens is 1. The number of hydrogen-bond donors (Lipinski definition) is 2. The Hall–Kier alpha value is -0.980. The smallest absolute Gasteiger partial charge is 0.118 e. The fourth-order valence-corrected chi connectivity index (χ4v) is 1.42. The monoisotopic (exact) mass is 183 g/mol. The van der Waals surface area contributed by atoms with Gasteiger partial charge in [0.1, 0.15) is 11.8 Å². The van der Waals surface area contributed by atoms with E-state index in [2.05, 4.69) is 16.4 Å². The molecule has 1 aliphatic rings. The predicted molar refractivity (Wildman–Crippen MR) is 48.2 cm³/mol. The van der Waals surface area contributed by atoms with Crippen LogP contribution in [0.4, 0.5) is 0 Å². The summed E-state index contributed by atoms with van der Waals surface area (Å²) in [6, 6.07) is 4.04. The van der Waals surface area contributed by atoms with Gasteiger partial charge >= 0.3 is 0 Å². The van der Waals surface area contributed by atoms with Crippen LogP contribution in [0.15, 0.2) is 6.07 Å². The van der Waals surface area contributed by atoms with Crippen molar-refractivity contribution in [3.05, 3.63) is 23.0 Å². The molecule has 0 radical (unpaired) electrons. The first kappa shape index (κ1) is 9.11. The minimum Gasteiger partial charge on any atom is -0.349 e. The quantitative estimate of drug-likeness (QED) is 0.630. The van der Waals surface area contributed by atoms with Crippen LogP contribution in [-0.4, -0.2) is 11.5 Å². The second-order valence-corrected chi connectivity index (χ2v) is 2.73. The minimum absolute atomic E-state index is 0. The maximum atomic E-state index is 8.59. The summed E-state index contributed by atoms with van der Waals surface area (Å²) in [6.07, 6.45) is 1.04. The van der Waals surface area contributed by atoms with Crippen molar-refractivity contribution in [3.8, 4) is 6.07 Å². The van der Waals surface area contributed by atoms with E-state index in [4.69, 9.17) is 5.26 Å². The molecule has 2 rings (SSSR count). The van der Waals surface area contributed by atoms with Gasteiger partial charge in [-0.25, -0.2) is 0 Å². The molecule has 0 unspecified atom stereocenters. The Morgan fingerprint density at radius 2 is 2.33 bits per heavy atom. The van der Waals surface area contributed by atoms with Gasteiger partial charge in [0.2, 0.25) is 0 Å². The molecule has 4 heteroatoms. The van der Waals surface area contributed by atoms with Crippen molar-refractivity contribution in [2.45, 2.75) is 13.0 Å². The first-order chi connectivity index (χ1) is 5.40. The van der Waals surface area contributed by atoms with Crippen LogP contribution in [0.5, 0.6) is 0 Å². The van der Waals surface area contributed by atoms with Crippen LogP contribution in [0.1, 0.15) is 17.0 Å². The lowest BCUT2D eigenvalue weighted by Crippen LogP contribution is -2.22. The maximum absolute atomic E-state index is 8.59. The normalized spacial score (nSPS) is 14.2. The van der Waals surface area contributed by atoms with Crippen molar-refractivity contribution >= 4 is 12.4 Å². The predicted octanol–water partition coefficient (Wildman–Crippen LogP) is 0.954. The van der Waals surface area contributed by atoms with E-state index in [1.165, 1.54) is 11.3 Å². The third-order valence-electron chi connectivity index (χ3n) is 1.99. The highest BCUT2D eigenvalue weighted by molar-refractivity contribution is 5.85. The van der Waals surface area contributed by atoms with Gasteiger partial charge in [-0.15, -0.1) is 12.4 Å². The molecule has 1 aromatic heterocycles. The maximum Gasteiger partial charge on any atom is 0.118 e. The van der Waals surface area contributed by atoms with Gasteiger partial charge in [-0.2, -0.15) is 5.26 Å². The van der Waals surface area contributed by atoms with E-state index in [9.17, 15) is 0 Å². The topological polar surface area (TPSA) is 51.6 Å². The highest BCUT2D eigenvalue weighted by Crippen LogP contribution is 2.13. The van der Waals surface area contributed by atoms with Crippen molar-refractivity contribution in [1.82, 2.24) is 10.3 Å². The Labute approximate surface area is 77.2 Å². The molecule has 1 aliphatic heterocycles. The summed E-state index contributed by atoms with van der Waals surface area (Å²) in [5.41, 5.74) is 3.15. The van der Waals surface area contributed by atoms with Gasteiger partial charge < -0.3 is 10.3 Å². The van der Waals surface area contributed by atoms with Gasteiger partial charge in [0.25, 0.3) is 0 Å². The molecule has 0 saturated carbocycles. The number of aromatic nitrogens is 1. The number of fused-ring (bicyclic) bond motifs is 1. The second-order valence-electron chi connectivity index (χ2n) is 2.73. The summed E-state index contributed by atoms with van der Waals surface area (Å²) in [4.78, 5) is 3.06. The molecule has 0 amide bonds. The van der Waals surface area contributed by atoms with Gasteiger partial charge in [-0.1, -0.05) is 0 Å². The number of nitrogens with zero attached hydrogens (tertiary/aromatic N) is 1. The van der Waals surface area contributed by atoms with E-state index in [-0.39, 0.29) is 12.4 Å². The number of aromatic amines is 1. The van der Waals surface area contributed by atoms with Crippen LogP contribution < -0.4 is 5.32 Å². The average molecular weight is 184 g/mol. The Balaban J connectivity index is 0.000000720. The molecule has 0 aromatic carbocycles. The van der Waals surface area contributed by atoms with E-state index in [1.807, 2.05) is 6.07 Å². The van der Waals surface area contributed by atoms with Crippen molar-refractivity contribution in [3.63, 3.8) is 0 Å². The van der Waals surface area contributed by atoms with E-state index >= 15 is 0 Å². The molecular weight excluding hydrogens is 174 g/mol. The van der Waals surface area contributed by atoms with Crippen molar-refractivity contribution in [2.24, 2.45) is 0 Å². The Morgan fingerprint density at radius 1 is 1.50 bits per heavy atom. The first-order valence-corrected chi connectivity index (χ1v) is 3.72. The van der Waals surface area contributed by atoms with Gasteiger partial charge in [0.05, 0.1) is 0 Å². The highest BCUT2D eigenvalue weighted by Gasteiger charge is 2.10. The second kappa shape index (κ2) is 3.61. The largest absolute Gasteiger partial charge is 0.349 e. The molecule has 0 saturated heterocycles. The molecule has 2 N–H and O–H groups in total. The fraction of sp³-hybridized carbons (Fsp3) is 0.375. The van der Waals surface area contributed by atoms with E-state index in [1.54, 1.807) is 0 Å². The average Bonchev–Trinajstić information content (AvgIpc) is 2.46. The fourth-order valence-electron chi connectivity index (χ4n) is 1.42. The molecule has 3 nitrogen and oxygen atoms in total. The molecular formula is C8H10ClN3. The number of halogens is 1. The third-order valence-corrected chi connectivity index (χ3v) is 1.99. The minimum atomic E-state index is 0. The van der Waals surface area contributed by atoms with Crippen LogP contribution in [0, 0.1) is 11.3 Å². The lowest BCUT2D eigenvalue weighted by atomic mass is 10.1. The Kier molecular flexibility index (Phi) is 2.74. The van der Waals surface area contributed by atoms with Gasteiger partial charge in [-0.05, 0) is 24.6 Å². The summed E-state index contributed by atoms with van der Waals surface area (Å²) < 4.78 is 0. The van der Waals surface area contributed by atoms with Gasteiger partial charge in [-0.3, -0.25) is 0 Å². The Bertz CT molecular complexity index is 287. The van der Waals surface area contributed by atoms with Crippen molar-refractivity contribution in [2.75, 3.05) is 6.54 Å². The lowest BCUT2D eigenvalue weighted by molar-refractivity contribution is 0.635.